The molecule has 0 bridgehead atoms. The van der Waals surface area contributed by atoms with Gasteiger partial charge in [0.05, 0.1) is 6.20 Å². The van der Waals surface area contributed by atoms with Crippen LogP contribution in [0.4, 0.5) is 20.2 Å². The summed E-state index contributed by atoms with van der Waals surface area (Å²) >= 11 is 0. The third kappa shape index (κ3) is 4.89. The molecular weight excluding hydrogens is 430 g/mol. The number of sulfonamides is 1. The summed E-state index contributed by atoms with van der Waals surface area (Å²) in [6.07, 6.45) is 2.31. The lowest BCUT2D eigenvalue weighted by Gasteiger charge is -2.15. The van der Waals surface area contributed by atoms with E-state index in [1.165, 1.54) is 35.0 Å². The van der Waals surface area contributed by atoms with Gasteiger partial charge in [0.15, 0.2) is 5.82 Å². The number of aromatic nitrogens is 2. The lowest BCUT2D eigenvalue weighted by atomic mass is 10.0. The molecule has 0 radical (unpaired) electrons. The van der Waals surface area contributed by atoms with Gasteiger partial charge in [-0.3, -0.25) is 9.52 Å². The first kappa shape index (κ1) is 22.0. The Morgan fingerprint density at radius 2 is 1.97 bits per heavy atom. The van der Waals surface area contributed by atoms with Gasteiger partial charge in [0.25, 0.3) is 21.5 Å². The molecule has 0 aliphatic rings. The van der Waals surface area contributed by atoms with Crippen LogP contribution in [0.15, 0.2) is 59.5 Å². The highest BCUT2D eigenvalue weighted by atomic mass is 32.2. The van der Waals surface area contributed by atoms with E-state index in [-0.39, 0.29) is 22.7 Å². The van der Waals surface area contributed by atoms with Crippen molar-refractivity contribution in [3.05, 3.63) is 76.7 Å². The molecule has 0 saturated carbocycles. The minimum atomic E-state index is -3.79. The number of benzene rings is 1. The molecule has 31 heavy (non-hydrogen) atoms. The Balaban J connectivity index is 2.18. The highest BCUT2D eigenvalue weighted by molar-refractivity contribution is 7.95. The van der Waals surface area contributed by atoms with E-state index in [1.807, 2.05) is 0 Å². The number of ether oxygens (including phenoxy) is 1. The molecule has 0 unspecified atom stereocenters. The number of anilines is 2. The fraction of sp³-hybridized carbons (Fsp3) is 0.100. The van der Waals surface area contributed by atoms with Crippen LogP contribution in [0.2, 0.25) is 0 Å². The second kappa shape index (κ2) is 8.56. The SMILES string of the molecule is C=CS(=O)(=O)Nc1ccc(Oc2ncc(F)cc2F)c(-c2cc(NC)c(=O)n(C)c2)c1. The molecule has 1 aromatic carbocycles. The van der Waals surface area contributed by atoms with Crippen LogP contribution in [0.1, 0.15) is 0 Å². The summed E-state index contributed by atoms with van der Waals surface area (Å²) in [5.41, 5.74) is 0.942. The van der Waals surface area contributed by atoms with Crippen molar-refractivity contribution in [2.75, 3.05) is 17.1 Å². The van der Waals surface area contributed by atoms with Gasteiger partial charge in [0, 0.05) is 48.6 Å². The molecule has 2 aromatic heterocycles. The highest BCUT2D eigenvalue weighted by Crippen LogP contribution is 2.36. The molecule has 3 rings (SSSR count). The minimum Gasteiger partial charge on any atom is -0.436 e. The van der Waals surface area contributed by atoms with Crippen molar-refractivity contribution in [1.29, 1.82) is 0 Å². The number of aryl methyl sites for hydroxylation is 1. The van der Waals surface area contributed by atoms with Crippen molar-refractivity contribution in [3.8, 4) is 22.8 Å². The molecule has 0 aliphatic carbocycles. The van der Waals surface area contributed by atoms with Gasteiger partial charge >= 0.3 is 0 Å². The van der Waals surface area contributed by atoms with Crippen LogP contribution in [-0.4, -0.2) is 25.0 Å². The zero-order chi connectivity index (χ0) is 22.8. The molecule has 0 amide bonds. The normalized spacial score (nSPS) is 11.1. The van der Waals surface area contributed by atoms with Gasteiger partial charge in [-0.15, -0.1) is 0 Å². The first-order chi connectivity index (χ1) is 14.6. The maximum absolute atomic E-state index is 14.1. The van der Waals surface area contributed by atoms with Gasteiger partial charge in [0.1, 0.15) is 17.3 Å². The zero-order valence-corrected chi connectivity index (χ0v) is 17.3. The quantitative estimate of drug-likeness (QED) is 0.574. The standard InChI is InChI=1S/C20H18F2N4O4S/c1-4-31(28,29)25-14-5-6-18(30-19-16(22)8-13(21)10-24-19)15(9-14)12-7-17(23-2)20(27)26(3)11-12/h4-11,23,25H,1H2,2-3H3. The number of hydrogen-bond donors (Lipinski definition) is 2. The topological polar surface area (TPSA) is 102 Å². The van der Waals surface area contributed by atoms with Crippen LogP contribution in [0.25, 0.3) is 11.1 Å². The van der Waals surface area contributed by atoms with Crippen LogP contribution in [0.3, 0.4) is 0 Å². The van der Waals surface area contributed by atoms with E-state index in [9.17, 15) is 22.0 Å². The highest BCUT2D eigenvalue weighted by Gasteiger charge is 2.16. The third-order valence-electron chi connectivity index (χ3n) is 4.20. The summed E-state index contributed by atoms with van der Waals surface area (Å²) in [6, 6.07) is 6.38. The molecule has 2 heterocycles. The average Bonchev–Trinajstić information content (AvgIpc) is 2.72. The Hall–Kier alpha value is -3.73. The van der Waals surface area contributed by atoms with E-state index >= 15 is 0 Å². The van der Waals surface area contributed by atoms with Crippen molar-refractivity contribution in [2.24, 2.45) is 7.05 Å². The predicted molar refractivity (Wildman–Crippen MR) is 114 cm³/mol. The molecule has 162 valence electrons. The number of hydrogen-bond acceptors (Lipinski definition) is 6. The van der Waals surface area contributed by atoms with Crippen molar-refractivity contribution in [3.63, 3.8) is 0 Å². The fourth-order valence-electron chi connectivity index (χ4n) is 2.73. The number of nitrogens with zero attached hydrogens (tertiary/aromatic N) is 2. The summed E-state index contributed by atoms with van der Waals surface area (Å²) < 4.78 is 60.1. The van der Waals surface area contributed by atoms with Crippen LogP contribution in [0, 0.1) is 11.6 Å². The van der Waals surface area contributed by atoms with Gasteiger partial charge in [-0.05, 0) is 24.3 Å². The van der Waals surface area contributed by atoms with Gasteiger partial charge in [-0.25, -0.2) is 22.2 Å². The first-order valence-corrected chi connectivity index (χ1v) is 10.3. The van der Waals surface area contributed by atoms with E-state index in [4.69, 9.17) is 4.74 Å². The smallest absolute Gasteiger partial charge is 0.273 e. The van der Waals surface area contributed by atoms with Crippen molar-refractivity contribution < 1.29 is 21.9 Å². The second-order valence-electron chi connectivity index (χ2n) is 6.38. The fourth-order valence-corrected chi connectivity index (χ4v) is 3.27. The molecule has 0 fully saturated rings. The van der Waals surface area contributed by atoms with Gasteiger partial charge in [0.2, 0.25) is 0 Å². The van der Waals surface area contributed by atoms with E-state index < -0.39 is 27.5 Å². The van der Waals surface area contributed by atoms with E-state index in [0.717, 1.165) is 11.6 Å². The zero-order valence-electron chi connectivity index (χ0n) is 16.5. The summed E-state index contributed by atoms with van der Waals surface area (Å²) in [4.78, 5) is 15.8. The molecule has 8 nitrogen and oxygen atoms in total. The molecule has 0 saturated heterocycles. The number of halogens is 2. The number of rotatable bonds is 7. The molecule has 0 aliphatic heterocycles. The maximum atomic E-state index is 14.1. The van der Waals surface area contributed by atoms with Crippen molar-refractivity contribution in [2.45, 2.75) is 0 Å². The second-order valence-corrected chi connectivity index (χ2v) is 8.00. The molecule has 3 aromatic rings. The minimum absolute atomic E-state index is 0.0975. The Kier molecular flexibility index (Phi) is 6.07. The predicted octanol–water partition coefficient (Wildman–Crippen LogP) is 3.44. The Bertz CT molecular complexity index is 1320. The average molecular weight is 448 g/mol. The summed E-state index contributed by atoms with van der Waals surface area (Å²) in [7, 11) is -0.677. The van der Waals surface area contributed by atoms with Crippen molar-refractivity contribution >= 4 is 21.4 Å². The Labute approximate surface area is 176 Å². The summed E-state index contributed by atoms with van der Waals surface area (Å²) in [6.45, 7) is 3.24. The first-order valence-electron chi connectivity index (χ1n) is 8.80. The molecule has 11 heteroatoms. The molecule has 0 atom stereocenters. The van der Waals surface area contributed by atoms with Crippen LogP contribution < -0.4 is 20.3 Å². The number of nitrogens with one attached hydrogen (secondary N) is 2. The Morgan fingerprint density at radius 3 is 2.61 bits per heavy atom. The lowest BCUT2D eigenvalue weighted by Crippen LogP contribution is -2.19. The van der Waals surface area contributed by atoms with E-state index in [1.54, 1.807) is 14.1 Å². The monoisotopic (exact) mass is 448 g/mol. The third-order valence-corrected chi connectivity index (χ3v) is 5.16. The largest absolute Gasteiger partial charge is 0.436 e. The van der Waals surface area contributed by atoms with E-state index in [2.05, 4.69) is 21.6 Å². The van der Waals surface area contributed by atoms with Crippen LogP contribution >= 0.6 is 0 Å². The van der Waals surface area contributed by atoms with Gasteiger partial charge in [-0.2, -0.15) is 0 Å². The molecule has 2 N–H and O–H groups in total. The molecule has 0 spiro atoms. The summed E-state index contributed by atoms with van der Waals surface area (Å²) in [5.74, 6) is -2.25. The van der Waals surface area contributed by atoms with Crippen LogP contribution in [0.5, 0.6) is 11.6 Å². The summed E-state index contributed by atoms with van der Waals surface area (Å²) in [5, 5.41) is 3.53. The number of pyridine rings is 2. The Morgan fingerprint density at radius 1 is 1.23 bits per heavy atom. The maximum Gasteiger partial charge on any atom is 0.273 e. The molecular formula is C20H18F2N4O4S. The van der Waals surface area contributed by atoms with E-state index in [0.29, 0.717) is 17.2 Å². The van der Waals surface area contributed by atoms with Gasteiger partial charge < -0.3 is 14.6 Å². The van der Waals surface area contributed by atoms with Crippen molar-refractivity contribution in [1.82, 2.24) is 9.55 Å². The van der Waals surface area contributed by atoms with Crippen LogP contribution in [-0.2, 0) is 17.1 Å². The lowest BCUT2D eigenvalue weighted by molar-refractivity contribution is 0.418. The van der Waals surface area contributed by atoms with Gasteiger partial charge in [-0.1, -0.05) is 6.58 Å².